The maximum absolute atomic E-state index is 15.4. The number of carbonyl (C=O) groups is 1. The third kappa shape index (κ3) is 3.86. The zero-order valence-corrected chi connectivity index (χ0v) is 18.2. The molecule has 2 atom stereocenters. The molecule has 1 aromatic heterocycles. The van der Waals surface area contributed by atoms with Crippen LogP contribution in [-0.4, -0.2) is 34.8 Å². The molecule has 0 amide bonds. The Morgan fingerprint density at radius 1 is 1.21 bits per heavy atom. The predicted molar refractivity (Wildman–Crippen MR) is 120 cm³/mol. The van der Waals surface area contributed by atoms with Gasteiger partial charge in [0.1, 0.15) is 23.0 Å². The molecule has 174 valence electrons. The minimum absolute atomic E-state index is 0.000287. The second-order valence-corrected chi connectivity index (χ2v) is 8.44. The van der Waals surface area contributed by atoms with Crippen LogP contribution in [0.2, 0.25) is 0 Å². The topological polar surface area (TPSA) is 88.6 Å². The lowest BCUT2D eigenvalue weighted by Crippen LogP contribution is -2.47. The minimum Gasteiger partial charge on any atom is -0.477 e. The highest BCUT2D eigenvalue weighted by Crippen LogP contribution is 2.35. The Kier molecular flexibility index (Phi) is 5.92. The second kappa shape index (κ2) is 8.55. The van der Waals surface area contributed by atoms with Crippen LogP contribution < -0.4 is 16.1 Å². The van der Waals surface area contributed by atoms with Crippen molar-refractivity contribution < 1.29 is 23.1 Å². The van der Waals surface area contributed by atoms with E-state index in [1.54, 1.807) is 6.92 Å². The van der Waals surface area contributed by atoms with Crippen molar-refractivity contribution >= 4 is 22.6 Å². The van der Waals surface area contributed by atoms with Gasteiger partial charge < -0.3 is 20.3 Å². The number of rotatable bonds is 4. The molecule has 2 heterocycles. The Morgan fingerprint density at radius 3 is 2.58 bits per heavy atom. The number of hydrogen-bond donors (Lipinski definition) is 2. The van der Waals surface area contributed by atoms with E-state index in [4.69, 9.17) is 5.73 Å². The molecule has 0 radical (unpaired) electrons. The van der Waals surface area contributed by atoms with Crippen LogP contribution in [0.5, 0.6) is 0 Å². The van der Waals surface area contributed by atoms with Crippen molar-refractivity contribution in [3.8, 4) is 5.69 Å². The summed E-state index contributed by atoms with van der Waals surface area (Å²) in [6, 6.07) is 3.84. The highest BCUT2D eigenvalue weighted by atomic mass is 19.1. The first-order chi connectivity index (χ1) is 15.6. The Balaban J connectivity index is 2.04. The van der Waals surface area contributed by atoms with Crippen LogP contribution in [-0.2, 0) is 0 Å². The van der Waals surface area contributed by atoms with E-state index in [9.17, 15) is 23.5 Å². The van der Waals surface area contributed by atoms with Crippen molar-refractivity contribution in [3.05, 3.63) is 69.3 Å². The van der Waals surface area contributed by atoms with E-state index in [0.29, 0.717) is 31.1 Å². The van der Waals surface area contributed by atoms with Crippen LogP contribution >= 0.6 is 0 Å². The molecule has 1 aliphatic heterocycles. The molecule has 3 aromatic rings. The number of nitrogens with zero attached hydrogens (tertiary/aromatic N) is 2. The average molecular weight is 459 g/mol. The molecule has 1 aliphatic rings. The number of pyridine rings is 1. The first kappa shape index (κ1) is 22.8. The number of carboxylic acids is 1. The Labute approximate surface area is 188 Å². The number of anilines is 1. The third-order valence-corrected chi connectivity index (χ3v) is 6.48. The molecule has 33 heavy (non-hydrogen) atoms. The summed E-state index contributed by atoms with van der Waals surface area (Å²) in [5, 5.41) is 9.31. The van der Waals surface area contributed by atoms with E-state index >= 15 is 4.39 Å². The maximum Gasteiger partial charge on any atom is 0.341 e. The third-order valence-electron chi connectivity index (χ3n) is 6.48. The maximum atomic E-state index is 15.4. The lowest BCUT2D eigenvalue weighted by atomic mass is 9.90. The SMILES string of the molecule is CC[C@@H]1CN(c2c(F)cc3c(=O)c(C(=O)O)cn(-c4ccc(F)cc4F)c3c2C)CC[C@H]1N. The largest absolute Gasteiger partial charge is 0.477 e. The first-order valence-electron chi connectivity index (χ1n) is 10.7. The first-order valence-corrected chi connectivity index (χ1v) is 10.7. The fourth-order valence-corrected chi connectivity index (χ4v) is 4.73. The van der Waals surface area contributed by atoms with Crippen LogP contribution in [0.25, 0.3) is 16.6 Å². The number of hydrogen-bond acceptors (Lipinski definition) is 4. The summed E-state index contributed by atoms with van der Waals surface area (Å²) in [7, 11) is 0. The number of benzene rings is 2. The molecule has 0 saturated carbocycles. The molecular weight excluding hydrogens is 435 g/mol. The van der Waals surface area contributed by atoms with Crippen molar-refractivity contribution in [1.29, 1.82) is 0 Å². The van der Waals surface area contributed by atoms with Crippen LogP contribution in [0.3, 0.4) is 0 Å². The van der Waals surface area contributed by atoms with Gasteiger partial charge in [0.15, 0.2) is 0 Å². The predicted octanol–water partition coefficient (Wildman–Crippen LogP) is 3.98. The van der Waals surface area contributed by atoms with Gasteiger partial charge in [0, 0.05) is 37.0 Å². The molecule has 1 fully saturated rings. The molecule has 6 nitrogen and oxygen atoms in total. The van der Waals surface area contributed by atoms with Crippen LogP contribution in [0.1, 0.15) is 35.7 Å². The van der Waals surface area contributed by atoms with Gasteiger partial charge in [0.2, 0.25) is 5.43 Å². The van der Waals surface area contributed by atoms with E-state index < -0.39 is 34.4 Å². The molecule has 4 rings (SSSR count). The highest BCUT2D eigenvalue weighted by molar-refractivity contribution is 5.96. The van der Waals surface area contributed by atoms with Gasteiger partial charge in [-0.15, -0.1) is 0 Å². The normalized spacial score (nSPS) is 18.7. The van der Waals surface area contributed by atoms with Gasteiger partial charge in [-0.1, -0.05) is 13.3 Å². The lowest BCUT2D eigenvalue weighted by molar-refractivity contribution is 0.0695. The molecule has 0 aliphatic carbocycles. The van der Waals surface area contributed by atoms with Crippen LogP contribution in [0, 0.1) is 30.3 Å². The molecule has 3 N–H and O–H groups in total. The van der Waals surface area contributed by atoms with Crippen molar-refractivity contribution in [1.82, 2.24) is 4.57 Å². The highest BCUT2D eigenvalue weighted by Gasteiger charge is 2.30. The van der Waals surface area contributed by atoms with E-state index in [-0.39, 0.29) is 34.2 Å². The number of fused-ring (bicyclic) bond motifs is 1. The van der Waals surface area contributed by atoms with Gasteiger partial charge in [-0.25, -0.2) is 18.0 Å². The fourth-order valence-electron chi connectivity index (χ4n) is 4.73. The zero-order chi connectivity index (χ0) is 24.0. The van der Waals surface area contributed by atoms with Gasteiger partial charge in [0.05, 0.1) is 22.3 Å². The molecule has 2 aromatic carbocycles. The van der Waals surface area contributed by atoms with Gasteiger partial charge >= 0.3 is 5.97 Å². The summed E-state index contributed by atoms with van der Waals surface area (Å²) in [6.07, 6.45) is 2.48. The quantitative estimate of drug-likeness (QED) is 0.616. The summed E-state index contributed by atoms with van der Waals surface area (Å²) in [6.45, 7) is 4.64. The van der Waals surface area contributed by atoms with E-state index in [2.05, 4.69) is 0 Å². The number of piperidine rings is 1. The van der Waals surface area contributed by atoms with Crippen LogP contribution in [0.15, 0.2) is 35.3 Å². The number of nitrogens with two attached hydrogens (primary N) is 1. The molecule has 0 spiro atoms. The summed E-state index contributed by atoms with van der Waals surface area (Å²) < 4.78 is 44.8. The number of aromatic nitrogens is 1. The van der Waals surface area contributed by atoms with Crippen molar-refractivity contribution in [2.45, 2.75) is 32.7 Å². The zero-order valence-electron chi connectivity index (χ0n) is 18.2. The molecule has 1 saturated heterocycles. The van der Waals surface area contributed by atoms with E-state index in [1.807, 2.05) is 11.8 Å². The van der Waals surface area contributed by atoms with Gasteiger partial charge in [0.25, 0.3) is 0 Å². The average Bonchev–Trinajstić information content (AvgIpc) is 2.75. The Bertz CT molecular complexity index is 1320. The molecule has 0 bridgehead atoms. The number of aromatic carboxylic acids is 1. The minimum atomic E-state index is -1.53. The number of aryl methyl sites for hydroxylation is 1. The molecule has 9 heteroatoms. The van der Waals surface area contributed by atoms with Crippen LogP contribution in [0.4, 0.5) is 18.9 Å². The van der Waals surface area contributed by atoms with Crippen molar-refractivity contribution in [3.63, 3.8) is 0 Å². The monoisotopic (exact) mass is 459 g/mol. The molecular formula is C24H24F3N3O3. The smallest absolute Gasteiger partial charge is 0.341 e. The number of halogens is 3. The standard InChI is InChI=1S/C24H24F3N3O3/c1-3-13-10-29(7-6-19(13)28)22-12(2)21-15(9-18(22)27)23(31)16(24(32)33)11-30(21)20-5-4-14(25)8-17(20)26/h4-5,8-9,11,13,19H,3,6-7,10,28H2,1-2H3,(H,32,33)/t13-,19-/m1/s1. The second-order valence-electron chi connectivity index (χ2n) is 8.44. The summed E-state index contributed by atoms with van der Waals surface area (Å²) in [5.41, 5.74) is 5.29. The van der Waals surface area contributed by atoms with Gasteiger partial charge in [-0.3, -0.25) is 4.79 Å². The fraction of sp³-hybridized carbons (Fsp3) is 0.333. The summed E-state index contributed by atoms with van der Waals surface area (Å²) >= 11 is 0. The van der Waals surface area contributed by atoms with Crippen molar-refractivity contribution in [2.24, 2.45) is 11.7 Å². The molecule has 0 unspecified atom stereocenters. The summed E-state index contributed by atoms with van der Waals surface area (Å²) in [4.78, 5) is 26.4. The van der Waals surface area contributed by atoms with E-state index in [1.165, 1.54) is 4.57 Å². The van der Waals surface area contributed by atoms with E-state index in [0.717, 1.165) is 30.8 Å². The lowest BCUT2D eigenvalue weighted by Gasteiger charge is -2.39. The Morgan fingerprint density at radius 2 is 1.94 bits per heavy atom. The number of carboxylic acid groups (broad SMARTS) is 1. The van der Waals surface area contributed by atoms with Crippen molar-refractivity contribution in [2.75, 3.05) is 18.0 Å². The van der Waals surface area contributed by atoms with Gasteiger partial charge in [-0.05, 0) is 37.5 Å². The van der Waals surface area contributed by atoms with Gasteiger partial charge in [-0.2, -0.15) is 0 Å². The summed E-state index contributed by atoms with van der Waals surface area (Å²) in [5.74, 6) is -3.80. The Hall–Kier alpha value is -3.33.